The Labute approximate surface area is 104 Å². The van der Waals surface area contributed by atoms with Gasteiger partial charge >= 0.3 is 0 Å². The van der Waals surface area contributed by atoms with Gasteiger partial charge in [-0.3, -0.25) is 0 Å². The molecule has 98 valence electrons. The molecule has 0 radical (unpaired) electrons. The zero-order chi connectivity index (χ0) is 12.9. The van der Waals surface area contributed by atoms with Crippen molar-refractivity contribution < 1.29 is 0 Å². The van der Waals surface area contributed by atoms with Crippen LogP contribution in [0.1, 0.15) is 74.7 Å². The van der Waals surface area contributed by atoms with Gasteiger partial charge in [-0.1, -0.05) is 61.8 Å². The minimum atomic E-state index is 0.527. The summed E-state index contributed by atoms with van der Waals surface area (Å²) in [5.74, 6) is 3.32. The smallest absolute Gasteiger partial charge is 0.0298 e. The maximum Gasteiger partial charge on any atom is -0.0298 e. The molecule has 3 unspecified atom stereocenters. The summed E-state index contributed by atoms with van der Waals surface area (Å²) in [5, 5.41) is 0. The van der Waals surface area contributed by atoms with Crippen molar-refractivity contribution in [3.05, 3.63) is 0 Å². The van der Waals surface area contributed by atoms with Crippen molar-refractivity contribution in [1.82, 2.24) is 0 Å². The maximum absolute atomic E-state index is 2.50. The molecule has 0 aromatic heterocycles. The fraction of sp³-hybridized carbons (Fsp3) is 1.00. The van der Waals surface area contributed by atoms with Gasteiger partial charge in [0.05, 0.1) is 0 Å². The van der Waals surface area contributed by atoms with Gasteiger partial charge < -0.3 is 0 Å². The molecule has 0 bridgehead atoms. The maximum atomic E-state index is 2.50. The predicted molar refractivity (Wildman–Crippen MR) is 75.6 cm³/mol. The van der Waals surface area contributed by atoms with Crippen molar-refractivity contribution in [1.29, 1.82) is 0 Å². The van der Waals surface area contributed by atoms with Gasteiger partial charge in [0.15, 0.2) is 0 Å². The summed E-state index contributed by atoms with van der Waals surface area (Å²) in [4.78, 5) is 0. The molecular weight excluding hydrogens is 192 g/mol. The van der Waals surface area contributed by atoms with Crippen molar-refractivity contribution >= 4 is 0 Å². The van der Waals surface area contributed by atoms with Gasteiger partial charge in [0.25, 0.3) is 0 Å². The molecule has 0 rings (SSSR count). The monoisotopic (exact) mass is 226 g/mol. The van der Waals surface area contributed by atoms with Crippen LogP contribution in [0, 0.1) is 29.1 Å². The van der Waals surface area contributed by atoms with Crippen LogP contribution in [0.5, 0.6) is 0 Å². The summed E-state index contributed by atoms with van der Waals surface area (Å²) in [5.41, 5.74) is 0.527. The fourth-order valence-electron chi connectivity index (χ4n) is 2.47. The van der Waals surface area contributed by atoms with Gasteiger partial charge in [-0.2, -0.15) is 0 Å². The van der Waals surface area contributed by atoms with Crippen LogP contribution in [0.15, 0.2) is 0 Å². The lowest BCUT2D eigenvalue weighted by atomic mass is 9.66. The second-order valence-corrected chi connectivity index (χ2v) is 6.95. The van der Waals surface area contributed by atoms with E-state index in [0.717, 1.165) is 23.7 Å². The van der Waals surface area contributed by atoms with E-state index >= 15 is 0 Å². The number of rotatable bonds is 7. The molecule has 0 aliphatic heterocycles. The molecule has 0 fully saturated rings. The molecule has 0 amide bonds. The normalized spacial score (nSPS) is 19.9. The molecule has 0 N–H and O–H groups in total. The van der Waals surface area contributed by atoms with E-state index in [9.17, 15) is 0 Å². The average molecular weight is 226 g/mol. The third-order valence-corrected chi connectivity index (χ3v) is 4.83. The zero-order valence-corrected chi connectivity index (χ0v) is 12.9. The van der Waals surface area contributed by atoms with Gasteiger partial charge in [0, 0.05) is 0 Å². The molecule has 0 nitrogen and oxygen atoms in total. The van der Waals surface area contributed by atoms with E-state index in [1.807, 2.05) is 0 Å². The van der Waals surface area contributed by atoms with Crippen LogP contribution in [0.3, 0.4) is 0 Å². The summed E-state index contributed by atoms with van der Waals surface area (Å²) >= 11 is 0. The Kier molecular flexibility index (Phi) is 6.67. The zero-order valence-electron chi connectivity index (χ0n) is 12.9. The first-order chi connectivity index (χ1) is 7.23. The van der Waals surface area contributed by atoms with E-state index in [4.69, 9.17) is 0 Å². The Hall–Kier alpha value is 0. The summed E-state index contributed by atoms with van der Waals surface area (Å²) in [6.07, 6.45) is 4.09. The van der Waals surface area contributed by atoms with Crippen molar-refractivity contribution in [2.24, 2.45) is 29.1 Å². The molecule has 0 aliphatic carbocycles. The van der Waals surface area contributed by atoms with Crippen LogP contribution < -0.4 is 0 Å². The molecule has 0 saturated heterocycles. The van der Waals surface area contributed by atoms with Gasteiger partial charge in [0.1, 0.15) is 0 Å². The summed E-state index contributed by atoms with van der Waals surface area (Å²) in [7, 11) is 0. The largest absolute Gasteiger partial charge is 0.0651 e. The van der Waals surface area contributed by atoms with Crippen LogP contribution in [0.4, 0.5) is 0 Å². The van der Waals surface area contributed by atoms with Gasteiger partial charge in [-0.15, -0.1) is 0 Å². The van der Waals surface area contributed by atoms with Gasteiger partial charge in [-0.05, 0) is 41.9 Å². The Balaban J connectivity index is 4.56. The standard InChI is InChI=1S/C16H34/c1-9-14(6)10-16(8,13(4)5)11-15(7)12(2)3/h12-15H,9-11H2,1-8H3. The number of hydrogen-bond donors (Lipinski definition) is 0. The van der Waals surface area contributed by atoms with E-state index < -0.39 is 0 Å². The summed E-state index contributed by atoms with van der Waals surface area (Å²) < 4.78 is 0. The minimum Gasteiger partial charge on any atom is -0.0651 e. The molecule has 0 aromatic carbocycles. The highest BCUT2D eigenvalue weighted by Crippen LogP contribution is 2.42. The summed E-state index contributed by atoms with van der Waals surface area (Å²) in [6.45, 7) is 19.1. The van der Waals surface area contributed by atoms with Crippen LogP contribution >= 0.6 is 0 Å². The third-order valence-electron chi connectivity index (χ3n) is 4.83. The first-order valence-corrected chi connectivity index (χ1v) is 7.23. The third kappa shape index (κ3) is 4.89. The SMILES string of the molecule is CCC(C)CC(C)(CC(C)C(C)C)C(C)C. The van der Waals surface area contributed by atoms with Gasteiger partial charge in [0.2, 0.25) is 0 Å². The van der Waals surface area contributed by atoms with E-state index in [2.05, 4.69) is 55.4 Å². The lowest BCUT2D eigenvalue weighted by molar-refractivity contribution is 0.113. The van der Waals surface area contributed by atoms with Gasteiger partial charge in [-0.25, -0.2) is 0 Å². The van der Waals surface area contributed by atoms with E-state index in [-0.39, 0.29) is 0 Å². The highest BCUT2D eigenvalue weighted by molar-refractivity contribution is 4.82. The molecule has 16 heavy (non-hydrogen) atoms. The predicted octanol–water partition coefficient (Wildman–Crippen LogP) is 5.77. The van der Waals surface area contributed by atoms with E-state index in [1.54, 1.807) is 0 Å². The fourth-order valence-corrected chi connectivity index (χ4v) is 2.47. The lowest BCUT2D eigenvalue weighted by Crippen LogP contribution is -2.29. The Morgan fingerprint density at radius 2 is 1.38 bits per heavy atom. The van der Waals surface area contributed by atoms with Crippen LogP contribution in [0.25, 0.3) is 0 Å². The first kappa shape index (κ1) is 16.0. The molecule has 0 spiro atoms. The van der Waals surface area contributed by atoms with Crippen LogP contribution in [0.2, 0.25) is 0 Å². The number of hydrogen-bond acceptors (Lipinski definition) is 0. The Morgan fingerprint density at radius 1 is 0.875 bits per heavy atom. The molecule has 3 atom stereocenters. The highest BCUT2D eigenvalue weighted by atomic mass is 14.4. The van der Waals surface area contributed by atoms with Crippen molar-refractivity contribution in [3.63, 3.8) is 0 Å². The molecule has 0 saturated carbocycles. The minimum absolute atomic E-state index is 0.527. The van der Waals surface area contributed by atoms with Crippen molar-refractivity contribution in [2.45, 2.75) is 74.7 Å². The highest BCUT2D eigenvalue weighted by Gasteiger charge is 2.32. The second-order valence-electron chi connectivity index (χ2n) is 6.95. The second kappa shape index (κ2) is 6.67. The molecule has 0 heterocycles. The molecular formula is C16H34. The average Bonchev–Trinajstić information content (AvgIpc) is 2.16. The van der Waals surface area contributed by atoms with E-state index in [0.29, 0.717) is 5.41 Å². The van der Waals surface area contributed by atoms with E-state index in [1.165, 1.54) is 19.3 Å². The van der Waals surface area contributed by atoms with Crippen LogP contribution in [-0.2, 0) is 0 Å². The van der Waals surface area contributed by atoms with Crippen molar-refractivity contribution in [3.8, 4) is 0 Å². The molecule has 0 heteroatoms. The Morgan fingerprint density at radius 3 is 1.69 bits per heavy atom. The van der Waals surface area contributed by atoms with Crippen molar-refractivity contribution in [2.75, 3.05) is 0 Å². The Bertz CT molecular complexity index is 180. The lowest BCUT2D eigenvalue weighted by Gasteiger charge is -2.39. The van der Waals surface area contributed by atoms with Crippen LogP contribution in [-0.4, -0.2) is 0 Å². The summed E-state index contributed by atoms with van der Waals surface area (Å²) in [6, 6.07) is 0. The molecule has 0 aliphatic rings. The topological polar surface area (TPSA) is 0 Å². The quantitative estimate of drug-likeness (QED) is 0.517. The molecule has 0 aromatic rings. The first-order valence-electron chi connectivity index (χ1n) is 7.23.